The number of hydrogen-bond donors (Lipinski definition) is 3. The van der Waals surface area contributed by atoms with Gasteiger partial charge in [0, 0.05) is 6.08 Å². The molecule has 0 saturated carbocycles. The van der Waals surface area contributed by atoms with Crippen LogP contribution in [0, 0.1) is 0 Å². The summed E-state index contributed by atoms with van der Waals surface area (Å²) in [7, 11) is 0. The summed E-state index contributed by atoms with van der Waals surface area (Å²) in [5, 5.41) is 27.9. The summed E-state index contributed by atoms with van der Waals surface area (Å²) in [4.78, 5) is 10.2. The van der Waals surface area contributed by atoms with Gasteiger partial charge in [0.25, 0.3) is 0 Å². The summed E-state index contributed by atoms with van der Waals surface area (Å²) < 4.78 is 0. The monoisotopic (exact) mass is 338 g/mol. The van der Waals surface area contributed by atoms with Crippen molar-refractivity contribution in [3.05, 3.63) is 36.1 Å². The topological polar surface area (TPSA) is 77.8 Å². The lowest BCUT2D eigenvalue weighted by atomic mass is 10.0. The Hall–Kier alpha value is -1.55. The summed E-state index contributed by atoms with van der Waals surface area (Å²) in [6.07, 6.45) is 18.7. The second kappa shape index (κ2) is 16.3. The van der Waals surface area contributed by atoms with Crippen molar-refractivity contribution >= 4 is 5.97 Å². The predicted molar refractivity (Wildman–Crippen MR) is 99.1 cm³/mol. The molecule has 0 unspecified atom stereocenters. The molecule has 0 aliphatic heterocycles. The number of rotatable bonds is 15. The Morgan fingerprint density at radius 1 is 0.875 bits per heavy atom. The average Bonchev–Trinajstić information content (AvgIpc) is 2.54. The molecule has 0 saturated heterocycles. The Labute approximate surface area is 146 Å². The first-order chi connectivity index (χ1) is 11.6. The van der Waals surface area contributed by atoms with E-state index < -0.39 is 5.97 Å². The van der Waals surface area contributed by atoms with Crippen molar-refractivity contribution in [3.63, 3.8) is 0 Å². The maximum atomic E-state index is 10.2. The molecular formula is C20H34O4. The van der Waals surface area contributed by atoms with E-state index in [0.717, 1.165) is 44.6 Å². The van der Waals surface area contributed by atoms with E-state index in [1.807, 2.05) is 0 Å². The highest BCUT2D eigenvalue weighted by Gasteiger charge is 2.03. The second-order valence-electron chi connectivity index (χ2n) is 6.18. The number of unbranched alkanes of at least 4 members (excludes halogenated alkanes) is 7. The minimum absolute atomic E-state index is 0.137. The van der Waals surface area contributed by atoms with Gasteiger partial charge in [0.2, 0.25) is 0 Å². The van der Waals surface area contributed by atoms with Crippen LogP contribution in [0.25, 0.3) is 0 Å². The van der Waals surface area contributed by atoms with Crippen molar-refractivity contribution in [2.45, 2.75) is 83.7 Å². The molecule has 3 N–H and O–H groups in total. The van der Waals surface area contributed by atoms with Crippen LogP contribution in [0.1, 0.15) is 77.6 Å². The summed E-state index contributed by atoms with van der Waals surface area (Å²) in [6.45, 7) is 2.21. The molecule has 0 aromatic rings. The Balaban J connectivity index is 3.59. The van der Waals surface area contributed by atoms with Gasteiger partial charge in [-0.05, 0) is 37.8 Å². The van der Waals surface area contributed by atoms with Gasteiger partial charge in [-0.3, -0.25) is 0 Å². The lowest BCUT2D eigenvalue weighted by Crippen LogP contribution is -2.05. The molecule has 138 valence electrons. The summed E-state index contributed by atoms with van der Waals surface area (Å²) in [5.41, 5.74) is 0. The third kappa shape index (κ3) is 16.8. The highest BCUT2D eigenvalue weighted by molar-refractivity contribution is 5.80. The average molecular weight is 338 g/mol. The third-order valence-electron chi connectivity index (χ3n) is 3.85. The van der Waals surface area contributed by atoms with Crippen molar-refractivity contribution in [2.75, 3.05) is 0 Å². The number of aliphatic carboxylic acids is 1. The standard InChI is InChI=1S/C20H34O4/c1-2-3-4-5-6-8-13-18(21)14-9-7-10-15-19(22)16-11-12-17-20(23)24/h11-12,15-18,21-22H,2-10,13-14H2,1H3,(H,23,24)/b16-11+,17-12+,19-15-/t18-/m1/s1. The van der Waals surface area contributed by atoms with Gasteiger partial charge in [-0.15, -0.1) is 0 Å². The van der Waals surface area contributed by atoms with Gasteiger partial charge in [-0.1, -0.05) is 64.0 Å². The first-order valence-electron chi connectivity index (χ1n) is 9.21. The molecule has 0 amide bonds. The molecule has 4 nitrogen and oxygen atoms in total. The van der Waals surface area contributed by atoms with E-state index in [4.69, 9.17) is 5.11 Å². The smallest absolute Gasteiger partial charge is 0.328 e. The molecule has 0 aliphatic carbocycles. The number of carboxylic acids is 1. The summed E-state index contributed by atoms with van der Waals surface area (Å²) >= 11 is 0. The molecule has 0 aromatic heterocycles. The number of aliphatic hydroxyl groups excluding tert-OH is 2. The number of carboxylic acid groups (broad SMARTS) is 1. The van der Waals surface area contributed by atoms with Crippen molar-refractivity contribution in [1.82, 2.24) is 0 Å². The number of hydrogen-bond acceptors (Lipinski definition) is 3. The minimum Gasteiger partial charge on any atom is -0.508 e. The van der Waals surface area contributed by atoms with Crippen molar-refractivity contribution < 1.29 is 20.1 Å². The van der Waals surface area contributed by atoms with Crippen LogP contribution in [-0.2, 0) is 4.79 Å². The Kier molecular flexibility index (Phi) is 15.3. The first kappa shape index (κ1) is 22.4. The quantitative estimate of drug-likeness (QED) is 0.164. The fourth-order valence-corrected chi connectivity index (χ4v) is 2.44. The van der Waals surface area contributed by atoms with Crippen LogP contribution in [-0.4, -0.2) is 27.4 Å². The molecule has 0 spiro atoms. The lowest BCUT2D eigenvalue weighted by molar-refractivity contribution is -0.131. The van der Waals surface area contributed by atoms with Crippen LogP contribution in [0.3, 0.4) is 0 Å². The summed E-state index contributed by atoms with van der Waals surface area (Å²) in [6, 6.07) is 0. The largest absolute Gasteiger partial charge is 0.508 e. The molecular weight excluding hydrogens is 304 g/mol. The van der Waals surface area contributed by atoms with Gasteiger partial charge in [0.05, 0.1) is 6.10 Å². The number of aliphatic hydroxyl groups is 2. The van der Waals surface area contributed by atoms with Crippen molar-refractivity contribution in [3.8, 4) is 0 Å². The highest BCUT2D eigenvalue weighted by Crippen LogP contribution is 2.13. The molecule has 0 bridgehead atoms. The molecule has 4 heteroatoms. The maximum absolute atomic E-state index is 10.2. The van der Waals surface area contributed by atoms with E-state index in [2.05, 4.69) is 6.92 Å². The first-order valence-corrected chi connectivity index (χ1v) is 9.21. The lowest BCUT2D eigenvalue weighted by Gasteiger charge is -2.09. The number of carbonyl (C=O) groups is 1. The SMILES string of the molecule is CCCCCCCC[C@@H](O)CCCC/C=C(O)/C=C/C=C/C(=O)O. The maximum Gasteiger partial charge on any atom is 0.328 e. The molecule has 0 aromatic carbocycles. The minimum atomic E-state index is -1.01. The van der Waals surface area contributed by atoms with E-state index in [1.54, 1.807) is 6.08 Å². The molecule has 0 aliphatic rings. The van der Waals surface area contributed by atoms with E-state index >= 15 is 0 Å². The predicted octanol–water partition coefficient (Wildman–Crippen LogP) is 5.30. The fourth-order valence-electron chi connectivity index (χ4n) is 2.44. The van der Waals surface area contributed by atoms with Crippen molar-refractivity contribution in [1.29, 1.82) is 0 Å². The van der Waals surface area contributed by atoms with E-state index in [-0.39, 0.29) is 11.9 Å². The van der Waals surface area contributed by atoms with E-state index in [0.29, 0.717) is 0 Å². The van der Waals surface area contributed by atoms with Gasteiger partial charge >= 0.3 is 5.97 Å². The van der Waals surface area contributed by atoms with Gasteiger partial charge in [-0.25, -0.2) is 4.79 Å². The van der Waals surface area contributed by atoms with Crippen LogP contribution >= 0.6 is 0 Å². The van der Waals surface area contributed by atoms with Crippen LogP contribution < -0.4 is 0 Å². The van der Waals surface area contributed by atoms with Crippen LogP contribution in [0.5, 0.6) is 0 Å². The zero-order chi connectivity index (χ0) is 18.0. The normalized spacial score (nSPS) is 13.8. The van der Waals surface area contributed by atoms with E-state index in [1.165, 1.54) is 50.3 Å². The Morgan fingerprint density at radius 3 is 2.12 bits per heavy atom. The molecule has 0 radical (unpaired) electrons. The molecule has 1 atom stereocenters. The highest BCUT2D eigenvalue weighted by atomic mass is 16.4. The third-order valence-corrected chi connectivity index (χ3v) is 3.85. The fraction of sp³-hybridized carbons (Fsp3) is 0.650. The Bertz CT molecular complexity index is 396. The molecule has 0 heterocycles. The van der Waals surface area contributed by atoms with Gasteiger partial charge in [0.15, 0.2) is 0 Å². The second-order valence-corrected chi connectivity index (χ2v) is 6.18. The van der Waals surface area contributed by atoms with Crippen LogP contribution in [0.15, 0.2) is 36.1 Å². The van der Waals surface area contributed by atoms with E-state index in [9.17, 15) is 15.0 Å². The van der Waals surface area contributed by atoms with Crippen LogP contribution in [0.4, 0.5) is 0 Å². The Morgan fingerprint density at radius 2 is 1.46 bits per heavy atom. The van der Waals surface area contributed by atoms with Gasteiger partial charge < -0.3 is 15.3 Å². The number of allylic oxidation sites excluding steroid dienone is 4. The van der Waals surface area contributed by atoms with Crippen molar-refractivity contribution in [2.24, 2.45) is 0 Å². The van der Waals surface area contributed by atoms with Gasteiger partial charge in [-0.2, -0.15) is 0 Å². The van der Waals surface area contributed by atoms with Crippen LogP contribution in [0.2, 0.25) is 0 Å². The van der Waals surface area contributed by atoms with Gasteiger partial charge in [0.1, 0.15) is 5.76 Å². The molecule has 0 fully saturated rings. The molecule has 0 rings (SSSR count). The zero-order valence-electron chi connectivity index (χ0n) is 15.0. The molecule has 24 heavy (non-hydrogen) atoms. The summed E-state index contributed by atoms with van der Waals surface area (Å²) in [5.74, 6) is -0.875. The zero-order valence-corrected chi connectivity index (χ0v) is 15.0.